The molecule has 14 atom stereocenters. The topological polar surface area (TPSA) is 663 Å². The van der Waals surface area contributed by atoms with E-state index in [-0.39, 0.29) is 99.6 Å². The molecule has 0 bridgehead atoms. The molecular weight excluding hydrogens is 1510 g/mol. The summed E-state index contributed by atoms with van der Waals surface area (Å²) in [5.41, 5.74) is 27.7. The molecule has 0 unspecified atom stereocenters. The lowest BCUT2D eigenvalue weighted by Gasteiger charge is -2.29. The number of hydrogen-bond donors (Lipinski definition) is 23. The van der Waals surface area contributed by atoms with Gasteiger partial charge in [-0.25, -0.2) is 0 Å². The molecule has 0 rings (SSSR count). The Kier molecular flexibility index (Phi) is 49.7. The van der Waals surface area contributed by atoms with E-state index in [1.54, 1.807) is 55.4 Å². The van der Waals surface area contributed by atoms with Crippen molar-refractivity contribution in [3.05, 3.63) is 0 Å². The first-order valence-corrected chi connectivity index (χ1v) is 38.7. The predicted octanol–water partition coefficient (Wildman–Crippen LogP) is -5.12. The molecule has 0 aromatic rings. The van der Waals surface area contributed by atoms with Crippen LogP contribution in [0.2, 0.25) is 0 Å². The van der Waals surface area contributed by atoms with Gasteiger partial charge in [-0.2, -0.15) is 25.3 Å². The van der Waals surface area contributed by atoms with Crippen molar-refractivity contribution in [2.24, 2.45) is 52.3 Å². The van der Waals surface area contributed by atoms with Crippen LogP contribution in [-0.4, -0.2) is 232 Å². The van der Waals surface area contributed by atoms with Crippen molar-refractivity contribution in [2.75, 3.05) is 24.6 Å². The fraction of sp³-hybridized carbons (Fsp3) is 0.729. The summed E-state index contributed by atoms with van der Waals surface area (Å²) in [6.07, 6.45) is -3.93. The Morgan fingerprint density at radius 2 is 0.491 bits per heavy atom. The molecule has 17 amide bonds. The molecule has 0 aliphatic heterocycles. The van der Waals surface area contributed by atoms with Gasteiger partial charge in [-0.1, -0.05) is 55.4 Å². The van der Waals surface area contributed by atoms with Crippen molar-refractivity contribution in [3.63, 3.8) is 0 Å². The molecule has 112 heavy (non-hydrogen) atoms. The van der Waals surface area contributed by atoms with E-state index in [1.165, 1.54) is 13.8 Å². The number of nitrogens with one attached hydrogen (secondary N) is 14. The van der Waals surface area contributed by atoms with Crippen molar-refractivity contribution in [1.82, 2.24) is 74.4 Å². The van der Waals surface area contributed by atoms with Crippen molar-refractivity contribution >= 4 is 138 Å². The largest absolute Gasteiger partial charge is 0.481 e. The second-order valence-electron chi connectivity index (χ2n) is 29.1. The second-order valence-corrected chi connectivity index (χ2v) is 29.8. The zero-order chi connectivity index (χ0) is 85.8. The molecule has 0 heterocycles. The van der Waals surface area contributed by atoms with E-state index in [9.17, 15) is 101 Å². The molecule has 0 aromatic carbocycles. The Hall–Kier alpha value is -9.45. The molecule has 0 spiro atoms. The average Bonchev–Trinajstić information content (AvgIpc) is 0.854. The van der Waals surface area contributed by atoms with E-state index < -0.39 is 248 Å². The molecule has 636 valence electrons. The van der Waals surface area contributed by atoms with E-state index >= 15 is 0 Å². The highest BCUT2D eigenvalue weighted by Gasteiger charge is 2.39. The SMILES string of the molecule is CC(=O)N[C@@H](C)C(=O)N[C@@H](CS)C(=O)N[C@@H](CCC(=O)O)C(=O)N[C@@H](CCC(N)=O)C(=O)N[C@@H](CC(C)C)C(=O)N[C@@H](CC(C)C)C(=O)N[C@@H](CCCCN)C(=O)N[C@@H](CCC(=O)O)C(=O)N[C@@H](CC(C)C)C(=O)N[C@@H](CC(C)C)C(=O)N[C@@H](CCC(N)=O)C(=O)N[C@@H](CCCCN)C(=O)N[C@@H](CS)C(=O)N[C@@H](C)C(N)=O. The Morgan fingerprint density at radius 3 is 0.714 bits per heavy atom. The number of thiol groups is 2. The lowest BCUT2D eigenvalue weighted by atomic mass is 9.98. The van der Waals surface area contributed by atoms with E-state index in [0.717, 1.165) is 6.92 Å². The summed E-state index contributed by atoms with van der Waals surface area (Å²) >= 11 is 8.27. The van der Waals surface area contributed by atoms with Gasteiger partial charge in [-0.05, 0) is 141 Å². The number of amides is 17. The predicted molar refractivity (Wildman–Crippen MR) is 415 cm³/mol. The molecule has 0 aromatic heterocycles. The van der Waals surface area contributed by atoms with Crippen molar-refractivity contribution < 1.29 is 101 Å². The summed E-state index contributed by atoms with van der Waals surface area (Å²) in [5, 5.41) is 54.3. The minimum absolute atomic E-state index is 0.0368. The first kappa shape index (κ1) is 103. The quantitative estimate of drug-likeness (QED) is 0.0200. The summed E-state index contributed by atoms with van der Waals surface area (Å²) in [7, 11) is 0. The van der Waals surface area contributed by atoms with Gasteiger partial charge in [-0.15, -0.1) is 0 Å². The highest BCUT2D eigenvalue weighted by atomic mass is 32.1. The molecule has 0 aliphatic carbocycles. The van der Waals surface area contributed by atoms with Gasteiger partial charge >= 0.3 is 11.9 Å². The maximum absolute atomic E-state index is 14.6. The van der Waals surface area contributed by atoms with Crippen LogP contribution in [0.15, 0.2) is 0 Å². The molecule has 0 aliphatic rings. The molecule has 26 N–H and O–H groups in total. The van der Waals surface area contributed by atoms with Crippen LogP contribution in [0.4, 0.5) is 0 Å². The fourth-order valence-electron chi connectivity index (χ4n) is 11.0. The summed E-state index contributed by atoms with van der Waals surface area (Å²) in [6, 6.07) is -20.6. The number of aliphatic carboxylic acids is 2. The zero-order valence-corrected chi connectivity index (χ0v) is 67.7. The Bertz CT molecular complexity index is 3200. The van der Waals surface area contributed by atoms with Crippen LogP contribution < -0.4 is 103 Å². The molecule has 0 saturated carbocycles. The summed E-state index contributed by atoms with van der Waals surface area (Å²) in [5.74, 6) is -20.7. The lowest BCUT2D eigenvalue weighted by Crippen LogP contribution is -2.61. The van der Waals surface area contributed by atoms with E-state index in [1.807, 2.05) is 0 Å². The number of primary amides is 3. The van der Waals surface area contributed by atoms with Gasteiger partial charge in [0.2, 0.25) is 100 Å². The molecule has 42 heteroatoms. The number of nitrogens with two attached hydrogens (primary N) is 5. The van der Waals surface area contributed by atoms with Gasteiger partial charge in [0, 0.05) is 44.1 Å². The van der Waals surface area contributed by atoms with Gasteiger partial charge in [0.05, 0.1) is 0 Å². The average molecular weight is 1630 g/mol. The number of unbranched alkanes of at least 4 members (excludes halogenated alkanes) is 2. The van der Waals surface area contributed by atoms with Crippen LogP contribution in [0.3, 0.4) is 0 Å². The van der Waals surface area contributed by atoms with Gasteiger partial charge in [0.1, 0.15) is 84.6 Å². The minimum Gasteiger partial charge on any atom is -0.481 e. The van der Waals surface area contributed by atoms with Crippen LogP contribution in [0.25, 0.3) is 0 Å². The zero-order valence-electron chi connectivity index (χ0n) is 65.9. The third-order valence-electron chi connectivity index (χ3n) is 16.9. The highest BCUT2D eigenvalue weighted by molar-refractivity contribution is 7.80. The fourth-order valence-corrected chi connectivity index (χ4v) is 11.5. The third kappa shape index (κ3) is 42.8. The van der Waals surface area contributed by atoms with Crippen molar-refractivity contribution in [2.45, 2.75) is 276 Å². The maximum atomic E-state index is 14.6. The number of carboxylic acid groups (broad SMARTS) is 2. The normalized spacial score (nSPS) is 15.0. The van der Waals surface area contributed by atoms with Gasteiger partial charge in [-0.3, -0.25) is 91.1 Å². The Labute approximate surface area is 663 Å². The number of carboxylic acids is 2. The smallest absolute Gasteiger partial charge is 0.303 e. The second kappa shape index (κ2) is 54.3. The van der Waals surface area contributed by atoms with Crippen LogP contribution in [-0.2, 0) is 91.1 Å². The Morgan fingerprint density at radius 1 is 0.277 bits per heavy atom. The number of carbonyl (C=O) groups is 19. The van der Waals surface area contributed by atoms with Crippen LogP contribution in [0.1, 0.15) is 192 Å². The summed E-state index contributed by atoms with van der Waals surface area (Å²) in [4.78, 5) is 254. The van der Waals surface area contributed by atoms with Crippen molar-refractivity contribution in [3.8, 4) is 0 Å². The maximum Gasteiger partial charge on any atom is 0.303 e. The standard InChI is InChI=1S/C70H123N19O21S2/c1-34(2)28-47(86-67(107)49(30-36(5)6)84-63(103)44(19-23-54(74)92)80-62(102)45(20-24-55(93)94)83-70(110)52(33-112)88-58(98)39(10)76-40(11)90)65(105)79-41(16-12-14-26-71)59(99)81-46(21-25-56(95)96)64(104)85-50(31-37(7)8)68(108)87-48(29-35(3)4)66(106)82-43(18-22-53(73)91)61(101)78-42(17-13-15-27-72)60(100)89-51(32-111)69(109)77-38(9)57(75)97/h34-39,41-52,111-112H,12-33,71-72H2,1-11H3,(H2,73,91)(H2,74,92)(H2,75,97)(H,76,90)(H,77,109)(H,78,101)(H,79,105)(H,80,102)(H,81,99)(H,82,106)(H,83,110)(H,84,103)(H,85,104)(H,86,107)(H,87,108)(H,88,98)(H,89,100)(H,93,94)(H,95,96)/t38-,39-,41-,42-,43-,44-,45-,46-,47-,48-,49-,50-,51-,52-/m0/s1. The van der Waals surface area contributed by atoms with E-state index in [4.69, 9.17) is 28.7 Å². The minimum atomic E-state index is -1.74. The van der Waals surface area contributed by atoms with Gasteiger partial charge in [0.25, 0.3) is 0 Å². The summed E-state index contributed by atoms with van der Waals surface area (Å²) in [6.45, 7) is 17.7. The first-order valence-electron chi connectivity index (χ1n) is 37.4. The summed E-state index contributed by atoms with van der Waals surface area (Å²) < 4.78 is 0. The molecule has 0 radical (unpaired) electrons. The van der Waals surface area contributed by atoms with E-state index in [2.05, 4.69) is 99.7 Å². The first-order chi connectivity index (χ1) is 52.3. The molecule has 0 saturated heterocycles. The lowest BCUT2D eigenvalue weighted by molar-refractivity contribution is -0.139. The molecule has 40 nitrogen and oxygen atoms in total. The van der Waals surface area contributed by atoms with Crippen LogP contribution in [0.5, 0.6) is 0 Å². The number of carbonyl (C=O) groups excluding carboxylic acids is 17. The molecular formula is C70H123N19O21S2. The third-order valence-corrected chi connectivity index (χ3v) is 17.7. The van der Waals surface area contributed by atoms with E-state index in [0.29, 0.717) is 12.8 Å². The Balaban J connectivity index is 7.33. The number of hydrogen-bond acceptors (Lipinski definition) is 23. The van der Waals surface area contributed by atoms with Gasteiger partial charge in [0.15, 0.2) is 0 Å². The highest BCUT2D eigenvalue weighted by Crippen LogP contribution is 2.16. The van der Waals surface area contributed by atoms with Crippen LogP contribution >= 0.6 is 25.3 Å². The van der Waals surface area contributed by atoms with Crippen molar-refractivity contribution in [1.29, 1.82) is 0 Å². The van der Waals surface area contributed by atoms with Crippen LogP contribution in [0, 0.1) is 23.7 Å². The molecule has 0 fully saturated rings. The monoisotopic (exact) mass is 1630 g/mol. The van der Waals surface area contributed by atoms with Gasteiger partial charge < -0.3 is 113 Å². The number of rotatable bonds is 58.